The normalized spacial score (nSPS) is 24.9. The second-order valence-electron chi connectivity index (χ2n) is 22.9. The third kappa shape index (κ3) is 33.4. The molecule has 0 saturated carbocycles. The highest BCUT2D eigenvalue weighted by Crippen LogP contribution is 2.30. The van der Waals surface area contributed by atoms with Gasteiger partial charge in [-0.15, -0.1) is 0 Å². The van der Waals surface area contributed by atoms with Crippen LogP contribution in [-0.4, -0.2) is 140 Å². The molecule has 9 N–H and O–H groups in total. The van der Waals surface area contributed by atoms with Crippen LogP contribution in [-0.2, 0) is 23.7 Å². The van der Waals surface area contributed by atoms with Crippen molar-refractivity contribution >= 4 is 5.91 Å². The van der Waals surface area contributed by atoms with E-state index in [0.717, 1.165) is 51.4 Å². The number of carbonyl (C=O) groups is 1. The van der Waals surface area contributed by atoms with Crippen molar-refractivity contribution in [3.8, 4) is 0 Å². The van der Waals surface area contributed by atoms with Gasteiger partial charge in [-0.25, -0.2) is 0 Å². The molecule has 1 amide bonds. The predicted octanol–water partition coefficient (Wildman–Crippen LogP) is 11.3. The van der Waals surface area contributed by atoms with E-state index in [1.807, 2.05) is 0 Å². The second-order valence-corrected chi connectivity index (χ2v) is 22.9. The van der Waals surface area contributed by atoms with Gasteiger partial charge in [-0.1, -0.05) is 271 Å². The zero-order valence-corrected chi connectivity index (χ0v) is 48.1. The molecule has 0 aliphatic carbocycles. The van der Waals surface area contributed by atoms with Gasteiger partial charge >= 0.3 is 0 Å². The number of carbonyl (C=O) groups excluding carboxylic acids is 1. The van der Waals surface area contributed by atoms with Gasteiger partial charge in [-0.2, -0.15) is 0 Å². The lowest BCUT2D eigenvalue weighted by molar-refractivity contribution is -0.359. The van der Waals surface area contributed by atoms with Gasteiger partial charge < -0.3 is 65.1 Å². The van der Waals surface area contributed by atoms with Crippen LogP contribution in [0, 0.1) is 0 Å². The van der Waals surface area contributed by atoms with Gasteiger partial charge in [0.1, 0.15) is 48.8 Å². The fraction of sp³-hybridized carbons (Fsp3) is 0.984. The predicted molar refractivity (Wildman–Crippen MR) is 300 cm³/mol. The first kappa shape index (κ1) is 70.1. The molecule has 0 aromatic carbocycles. The second kappa shape index (κ2) is 47.8. The summed E-state index contributed by atoms with van der Waals surface area (Å²) in [5.74, 6) is -0.207. The molecule has 0 aromatic rings. The summed E-state index contributed by atoms with van der Waals surface area (Å²) in [5.41, 5.74) is 0. The van der Waals surface area contributed by atoms with Crippen molar-refractivity contribution < 1.29 is 64.6 Å². The van der Waals surface area contributed by atoms with Crippen molar-refractivity contribution in [2.24, 2.45) is 0 Å². The zero-order valence-electron chi connectivity index (χ0n) is 48.1. The molecule has 2 aliphatic heterocycles. The summed E-state index contributed by atoms with van der Waals surface area (Å²) in [6.07, 6.45) is 37.4. The van der Waals surface area contributed by atoms with Crippen LogP contribution in [0.4, 0.5) is 0 Å². The molecule has 12 unspecified atom stereocenters. The smallest absolute Gasteiger partial charge is 0.220 e. The lowest BCUT2D eigenvalue weighted by Gasteiger charge is -2.46. The molecule has 75 heavy (non-hydrogen) atoms. The van der Waals surface area contributed by atoms with E-state index in [-0.39, 0.29) is 12.5 Å². The molecule has 0 radical (unpaired) electrons. The fourth-order valence-electron chi connectivity index (χ4n) is 10.9. The molecule has 2 rings (SSSR count). The van der Waals surface area contributed by atoms with Crippen LogP contribution < -0.4 is 5.32 Å². The van der Waals surface area contributed by atoms with Crippen LogP contribution in [0.2, 0.25) is 0 Å². The SMILES string of the molecule is CCCCCCCCCCCCCCCCCCCCCCCCCCCCCCCCCCCC(O)C(COC1OC(CO)C(OC2OC(CO)C(O)C(O)C2O)C(O)C1O)NC(=O)CCCCCCCCCC. The van der Waals surface area contributed by atoms with E-state index >= 15 is 0 Å². The van der Waals surface area contributed by atoms with Gasteiger partial charge in [-0.3, -0.25) is 4.79 Å². The van der Waals surface area contributed by atoms with Crippen LogP contribution in [0.25, 0.3) is 0 Å². The van der Waals surface area contributed by atoms with E-state index in [1.165, 1.54) is 212 Å². The molecule has 2 heterocycles. The Balaban J connectivity index is 1.57. The first-order chi connectivity index (χ1) is 36.6. The van der Waals surface area contributed by atoms with Gasteiger partial charge in [0.25, 0.3) is 0 Å². The Kier molecular flexibility index (Phi) is 44.6. The summed E-state index contributed by atoms with van der Waals surface area (Å²) in [6.45, 7) is 2.85. The Morgan fingerprint density at radius 1 is 0.427 bits per heavy atom. The number of aliphatic hydroxyl groups is 8. The summed E-state index contributed by atoms with van der Waals surface area (Å²) >= 11 is 0. The maximum absolute atomic E-state index is 13.1. The molecule has 446 valence electrons. The minimum absolute atomic E-state index is 0.207. The zero-order chi connectivity index (χ0) is 54.6. The molecule has 12 atom stereocenters. The summed E-state index contributed by atoms with van der Waals surface area (Å²) in [7, 11) is 0. The summed E-state index contributed by atoms with van der Waals surface area (Å²) in [6, 6.07) is -0.821. The van der Waals surface area contributed by atoms with Crippen molar-refractivity contribution in [1.29, 1.82) is 0 Å². The van der Waals surface area contributed by atoms with Crippen LogP contribution in [0.5, 0.6) is 0 Å². The van der Waals surface area contributed by atoms with E-state index in [1.54, 1.807) is 0 Å². The number of amides is 1. The highest BCUT2D eigenvalue weighted by Gasteiger charge is 2.51. The van der Waals surface area contributed by atoms with E-state index in [4.69, 9.17) is 18.9 Å². The molecule has 14 heteroatoms. The number of rotatable bonds is 52. The van der Waals surface area contributed by atoms with E-state index < -0.39 is 86.8 Å². The van der Waals surface area contributed by atoms with Gasteiger partial charge in [0.2, 0.25) is 5.91 Å². The van der Waals surface area contributed by atoms with Crippen molar-refractivity contribution in [2.75, 3.05) is 19.8 Å². The first-order valence-electron chi connectivity index (χ1n) is 31.8. The monoisotopic (exact) mass is 1070 g/mol. The van der Waals surface area contributed by atoms with Crippen LogP contribution in [0.1, 0.15) is 290 Å². The Morgan fingerprint density at radius 3 is 1.13 bits per heavy atom. The van der Waals surface area contributed by atoms with Crippen molar-refractivity contribution in [3.05, 3.63) is 0 Å². The molecule has 0 aromatic heterocycles. The number of unbranched alkanes of at least 4 members (excludes halogenated alkanes) is 39. The van der Waals surface area contributed by atoms with Gasteiger partial charge in [0.15, 0.2) is 12.6 Å². The van der Waals surface area contributed by atoms with Crippen molar-refractivity contribution in [3.63, 3.8) is 0 Å². The first-order valence-corrected chi connectivity index (χ1v) is 31.8. The highest BCUT2D eigenvalue weighted by molar-refractivity contribution is 5.76. The third-order valence-corrected chi connectivity index (χ3v) is 16.1. The topological polar surface area (TPSA) is 228 Å². The number of hydrogen-bond donors (Lipinski definition) is 9. The largest absolute Gasteiger partial charge is 0.394 e. The average Bonchev–Trinajstić information content (AvgIpc) is 3.41. The Hall–Kier alpha value is -1.01. The van der Waals surface area contributed by atoms with E-state index in [9.17, 15) is 45.6 Å². The van der Waals surface area contributed by atoms with Crippen LogP contribution in [0.15, 0.2) is 0 Å². The summed E-state index contributed by atoms with van der Waals surface area (Å²) in [5, 5.41) is 87.0. The minimum Gasteiger partial charge on any atom is -0.394 e. The van der Waals surface area contributed by atoms with Crippen LogP contribution in [0.3, 0.4) is 0 Å². The Bertz CT molecular complexity index is 1270. The van der Waals surface area contributed by atoms with E-state index in [2.05, 4.69) is 19.2 Å². The molecule has 2 saturated heterocycles. The maximum Gasteiger partial charge on any atom is 0.220 e. The number of hydrogen-bond acceptors (Lipinski definition) is 13. The average molecular weight is 1070 g/mol. The summed E-state index contributed by atoms with van der Waals surface area (Å²) < 4.78 is 22.8. The van der Waals surface area contributed by atoms with Crippen LogP contribution >= 0.6 is 0 Å². The van der Waals surface area contributed by atoms with Gasteiger partial charge in [-0.05, 0) is 12.8 Å². The van der Waals surface area contributed by atoms with Gasteiger partial charge in [0, 0.05) is 6.42 Å². The summed E-state index contributed by atoms with van der Waals surface area (Å²) in [4.78, 5) is 13.1. The maximum atomic E-state index is 13.1. The number of aliphatic hydroxyl groups excluding tert-OH is 8. The van der Waals surface area contributed by atoms with E-state index in [0.29, 0.717) is 12.8 Å². The molecule has 2 fully saturated rings. The lowest BCUT2D eigenvalue weighted by Crippen LogP contribution is -2.65. The fourth-order valence-corrected chi connectivity index (χ4v) is 10.9. The number of ether oxygens (including phenoxy) is 4. The highest BCUT2D eigenvalue weighted by atomic mass is 16.7. The molecule has 0 bridgehead atoms. The molecular formula is C61H119NO13. The number of nitrogens with one attached hydrogen (secondary N) is 1. The third-order valence-electron chi connectivity index (χ3n) is 16.1. The molecular weight excluding hydrogens is 955 g/mol. The standard InChI is InChI=1S/C61H119NO13/c1-3-5-7-9-11-13-14-15-16-17-18-19-20-21-22-23-24-25-26-27-28-29-30-31-32-33-34-35-36-37-38-40-42-44-50(65)49(62-53(66)45-43-41-39-12-10-8-6-4-2)48-72-60-58(71)56(69)59(52(47-64)74-60)75-61-57(70)55(68)54(67)51(46-63)73-61/h49-52,54-61,63-65,67-71H,3-48H2,1-2H3,(H,62,66). The lowest BCUT2D eigenvalue weighted by atomic mass is 9.97. The molecule has 14 nitrogen and oxygen atoms in total. The van der Waals surface area contributed by atoms with Crippen molar-refractivity contribution in [1.82, 2.24) is 5.32 Å². The minimum atomic E-state index is -1.78. The quantitative estimate of drug-likeness (QED) is 0.0259. The molecule has 0 spiro atoms. The van der Waals surface area contributed by atoms with Crippen molar-refractivity contribution in [2.45, 2.75) is 364 Å². The van der Waals surface area contributed by atoms with Gasteiger partial charge in [0.05, 0.1) is 32.0 Å². The Morgan fingerprint density at radius 2 is 0.760 bits per heavy atom. The Labute approximate surface area is 457 Å². The molecule has 2 aliphatic rings.